The number of carbonyl (C=O) groups excluding carboxylic acids is 2. The average molecular weight is 1130 g/mol. The average Bonchev–Trinajstić information content (AvgIpc) is 4.14. The second-order valence-electron chi connectivity index (χ2n) is 24.0. The fourth-order valence-electron chi connectivity index (χ4n) is 10.6. The number of rotatable bonds is 24. The van der Waals surface area contributed by atoms with E-state index in [0.29, 0.717) is 104 Å². The summed E-state index contributed by atoms with van der Waals surface area (Å²) in [6.07, 6.45) is 7.02. The molecule has 17 nitrogen and oxygen atoms in total. The third kappa shape index (κ3) is 20.8. The smallest absolute Gasteiger partial charge is 0.410 e. The molecule has 1 N–H and O–H groups in total. The number of carbonyl (C=O) groups is 2. The number of aliphatic hydroxyl groups excluding tert-OH is 1. The summed E-state index contributed by atoms with van der Waals surface area (Å²) < 4.78 is 94.6. The van der Waals surface area contributed by atoms with Crippen molar-refractivity contribution >= 4 is 17.8 Å². The summed E-state index contributed by atoms with van der Waals surface area (Å²) in [6, 6.07) is 0. The van der Waals surface area contributed by atoms with Crippen LogP contribution in [0, 0.1) is 10.8 Å². The van der Waals surface area contributed by atoms with E-state index >= 15 is 0 Å². The van der Waals surface area contributed by atoms with Crippen LogP contribution in [0.25, 0.3) is 5.57 Å². The second-order valence-corrected chi connectivity index (χ2v) is 24.0. The molecule has 1 saturated carbocycles. The second kappa shape index (κ2) is 30.4. The Kier molecular flexibility index (Phi) is 26.7. The lowest BCUT2D eigenvalue weighted by molar-refractivity contribution is -0.0396. The molecule has 2 aromatic heterocycles. The van der Waals surface area contributed by atoms with Crippen molar-refractivity contribution in [2.45, 2.75) is 190 Å². The van der Waals surface area contributed by atoms with E-state index in [1.54, 1.807) is 23.9 Å². The first-order valence-electron chi connectivity index (χ1n) is 28.2. The van der Waals surface area contributed by atoms with E-state index in [9.17, 15) is 27.2 Å². The number of halogens is 4. The van der Waals surface area contributed by atoms with Gasteiger partial charge in [0.25, 0.3) is 11.8 Å². The largest absolute Gasteiger partial charge is 0.444 e. The monoisotopic (exact) mass is 1130 g/mol. The van der Waals surface area contributed by atoms with Gasteiger partial charge in [-0.2, -0.15) is 10.2 Å². The highest BCUT2D eigenvalue weighted by molar-refractivity contribution is 5.71. The number of nitrogens with zero attached hydrogens (tertiary/aromatic N) is 8. The molecule has 21 heteroatoms. The Bertz CT molecular complexity index is 2200. The molecule has 6 rings (SSSR count). The van der Waals surface area contributed by atoms with Crippen LogP contribution in [0.1, 0.15) is 161 Å². The molecule has 2 amide bonds. The van der Waals surface area contributed by atoms with E-state index < -0.39 is 23.0 Å². The summed E-state index contributed by atoms with van der Waals surface area (Å²) >= 11 is 0. The van der Waals surface area contributed by atoms with Gasteiger partial charge in [-0.3, -0.25) is 19.2 Å². The minimum atomic E-state index is -2.78. The van der Waals surface area contributed by atoms with Gasteiger partial charge in [-0.05, 0) is 140 Å². The molecule has 2 aliphatic carbocycles. The van der Waals surface area contributed by atoms with Crippen molar-refractivity contribution in [3.8, 4) is 0 Å². The zero-order chi connectivity index (χ0) is 58.3. The van der Waals surface area contributed by atoms with Gasteiger partial charge in [0.05, 0.1) is 56.4 Å². The first kappa shape index (κ1) is 69.4. The normalized spacial score (nSPS) is 18.1. The standard InChI is InChI=1S/C28H48F2N4O4.C28H46F2N4O4.CH4O.CH4/c2*1-8-36-19-27(20-37-9-2)12-10-21(11-13-27)24-22(31-34-18-28(29,30)16-23(24)34)17-32(6)14-15-33(7)25(35)38-26(3,4)5;1-2;/h21H,8-20H2,1-7H3;10H,8-9,11-20H2,1-7H3;2H,1H3;1H4. The van der Waals surface area contributed by atoms with Gasteiger partial charge in [0.1, 0.15) is 24.3 Å². The van der Waals surface area contributed by atoms with Crippen molar-refractivity contribution in [2.24, 2.45) is 10.8 Å². The predicted molar refractivity (Wildman–Crippen MR) is 301 cm³/mol. The number of aromatic nitrogens is 4. The van der Waals surface area contributed by atoms with E-state index in [2.05, 4.69) is 26.1 Å². The van der Waals surface area contributed by atoms with Crippen LogP contribution < -0.4 is 0 Å². The zero-order valence-corrected chi connectivity index (χ0v) is 50.1. The number of likely N-dealkylation sites (N-methyl/N-ethyl adjacent to an activating group) is 4. The summed E-state index contributed by atoms with van der Waals surface area (Å²) in [4.78, 5) is 31.9. The first-order valence-corrected chi connectivity index (χ1v) is 28.2. The summed E-state index contributed by atoms with van der Waals surface area (Å²) in [5.41, 5.74) is 4.75. The van der Waals surface area contributed by atoms with E-state index in [0.717, 1.165) is 80.1 Å². The van der Waals surface area contributed by atoms with Crippen LogP contribution in [0.15, 0.2) is 6.08 Å². The molecular formula is C58H102F4N8O9. The lowest BCUT2D eigenvalue weighted by Crippen LogP contribution is -2.38. The number of amides is 2. The number of allylic oxidation sites excluding steroid dienone is 2. The molecule has 456 valence electrons. The Hall–Kier alpha value is -3.86. The van der Waals surface area contributed by atoms with Gasteiger partial charge in [-0.15, -0.1) is 0 Å². The number of fused-ring (bicyclic) bond motifs is 2. The Balaban J connectivity index is 0.000000398. The molecule has 4 aliphatic rings. The summed E-state index contributed by atoms with van der Waals surface area (Å²) in [7, 11) is 8.36. The van der Waals surface area contributed by atoms with Gasteiger partial charge >= 0.3 is 12.2 Å². The van der Waals surface area contributed by atoms with Gasteiger partial charge in [0.15, 0.2) is 0 Å². The molecule has 0 unspecified atom stereocenters. The third-order valence-corrected chi connectivity index (χ3v) is 14.7. The molecule has 0 atom stereocenters. The van der Waals surface area contributed by atoms with Crippen LogP contribution in [0.2, 0.25) is 0 Å². The number of hydrogen-bond donors (Lipinski definition) is 1. The Labute approximate surface area is 470 Å². The topological polar surface area (TPSA) is 158 Å². The van der Waals surface area contributed by atoms with E-state index in [1.165, 1.54) is 9.36 Å². The number of ether oxygens (including phenoxy) is 6. The maximum atomic E-state index is 14.4. The minimum Gasteiger partial charge on any atom is -0.444 e. The van der Waals surface area contributed by atoms with Crippen molar-refractivity contribution in [1.82, 2.24) is 39.2 Å². The lowest BCUT2D eigenvalue weighted by Gasteiger charge is -2.40. The van der Waals surface area contributed by atoms with Crippen molar-refractivity contribution in [3.05, 3.63) is 40.0 Å². The van der Waals surface area contributed by atoms with Crippen LogP contribution in [0.3, 0.4) is 0 Å². The molecule has 4 heterocycles. The zero-order valence-electron chi connectivity index (χ0n) is 50.1. The van der Waals surface area contributed by atoms with E-state index in [-0.39, 0.29) is 62.3 Å². The highest BCUT2D eigenvalue weighted by Crippen LogP contribution is 2.48. The maximum Gasteiger partial charge on any atom is 0.410 e. The lowest BCUT2D eigenvalue weighted by atomic mass is 9.69. The van der Waals surface area contributed by atoms with Gasteiger partial charge in [0, 0.05) is 115 Å². The molecule has 0 aromatic carbocycles. The Morgan fingerprint density at radius 1 is 0.633 bits per heavy atom. The molecule has 79 heavy (non-hydrogen) atoms. The van der Waals surface area contributed by atoms with Crippen molar-refractivity contribution < 1.29 is 60.7 Å². The SMILES string of the molecule is C.CCOCC1(COCC)CC=C(c2c(CN(C)CCN(C)C(=O)OC(C)(C)C)nn3c2CC(F)(F)C3)CC1.CCOCC1(COCC)CCC(c2c(CN(C)CCN(C)C(=O)OC(C)(C)C)nn3c2CC(F)(F)C3)CC1.CO. The number of alkyl halides is 4. The van der Waals surface area contributed by atoms with Gasteiger partial charge < -0.3 is 43.3 Å². The summed E-state index contributed by atoms with van der Waals surface area (Å²) in [5, 5.41) is 16.3. The van der Waals surface area contributed by atoms with E-state index in [1.807, 2.05) is 83.3 Å². The highest BCUT2D eigenvalue weighted by atomic mass is 19.3. The van der Waals surface area contributed by atoms with Crippen LogP contribution >= 0.6 is 0 Å². The fraction of sp³-hybridized carbons (Fsp3) is 0.828. The maximum absolute atomic E-state index is 14.4. The highest BCUT2D eigenvalue weighted by Gasteiger charge is 2.46. The van der Waals surface area contributed by atoms with Crippen molar-refractivity contribution in [2.75, 3.05) is 114 Å². The predicted octanol–water partition coefficient (Wildman–Crippen LogP) is 10.3. The van der Waals surface area contributed by atoms with Crippen LogP contribution in [0.5, 0.6) is 0 Å². The van der Waals surface area contributed by atoms with Gasteiger partial charge in [-0.1, -0.05) is 13.5 Å². The quantitative estimate of drug-likeness (QED) is 0.0991. The molecule has 0 spiro atoms. The number of hydrogen-bond acceptors (Lipinski definition) is 13. The van der Waals surface area contributed by atoms with Crippen molar-refractivity contribution in [3.63, 3.8) is 0 Å². The van der Waals surface area contributed by atoms with Gasteiger partial charge in [0.2, 0.25) is 0 Å². The molecule has 0 radical (unpaired) electrons. The Morgan fingerprint density at radius 3 is 1.46 bits per heavy atom. The van der Waals surface area contributed by atoms with Crippen LogP contribution in [0.4, 0.5) is 27.2 Å². The fourth-order valence-corrected chi connectivity index (χ4v) is 10.6. The summed E-state index contributed by atoms with van der Waals surface area (Å²) in [6.45, 7) is 26.7. The summed E-state index contributed by atoms with van der Waals surface area (Å²) in [5.74, 6) is -5.34. The van der Waals surface area contributed by atoms with Gasteiger partial charge in [-0.25, -0.2) is 27.2 Å². The van der Waals surface area contributed by atoms with Crippen molar-refractivity contribution in [1.29, 1.82) is 0 Å². The van der Waals surface area contributed by atoms with E-state index in [4.69, 9.17) is 33.5 Å². The first-order chi connectivity index (χ1) is 36.6. The van der Waals surface area contributed by atoms with Crippen LogP contribution in [-0.2, 0) is 67.4 Å². The molecule has 2 aliphatic heterocycles. The molecule has 0 bridgehead atoms. The molecule has 2 aromatic rings. The van der Waals surface area contributed by atoms with Crippen LogP contribution in [-0.4, -0.2) is 194 Å². The Morgan fingerprint density at radius 2 is 1.04 bits per heavy atom. The molecule has 0 saturated heterocycles. The molecule has 1 fully saturated rings. The number of aliphatic hydroxyl groups is 1. The molecular weight excluding hydrogens is 1030 g/mol. The third-order valence-electron chi connectivity index (χ3n) is 14.7. The minimum absolute atomic E-state index is 0.